The monoisotopic (exact) mass is 522 g/mol. The third kappa shape index (κ3) is 6.05. The van der Waals surface area contributed by atoms with Gasteiger partial charge in [-0.25, -0.2) is 9.78 Å². The molecule has 0 spiro atoms. The van der Waals surface area contributed by atoms with Crippen LogP contribution in [-0.2, 0) is 25.6 Å². The highest BCUT2D eigenvalue weighted by Gasteiger charge is 2.23. The predicted molar refractivity (Wildman–Crippen MR) is 132 cm³/mol. The Kier molecular flexibility index (Phi) is 8.87. The summed E-state index contributed by atoms with van der Waals surface area (Å²) in [7, 11) is 0. The summed E-state index contributed by atoms with van der Waals surface area (Å²) in [6.45, 7) is 5.63. The minimum atomic E-state index is -0.596. The lowest BCUT2D eigenvalue weighted by Gasteiger charge is -2.12. The first-order valence-corrected chi connectivity index (χ1v) is 12.7. The Labute approximate surface area is 209 Å². The zero-order valence-electron chi connectivity index (χ0n) is 18.9. The number of rotatable bonds is 10. The molecule has 0 aliphatic rings. The fourth-order valence-electron chi connectivity index (χ4n) is 3.23. The van der Waals surface area contributed by atoms with E-state index in [1.54, 1.807) is 39.0 Å². The van der Waals surface area contributed by atoms with Gasteiger partial charge in [-0.3, -0.25) is 19.0 Å². The number of hydrogen-bond donors (Lipinski definition) is 0. The van der Waals surface area contributed by atoms with Gasteiger partial charge in [0.15, 0.2) is 10.9 Å². The predicted octanol–water partition coefficient (Wildman–Crippen LogP) is 4.26. The maximum Gasteiger partial charge on any atom is 0.348 e. The Balaban J connectivity index is 2.03. The molecule has 1 aromatic carbocycles. The van der Waals surface area contributed by atoms with Crippen LogP contribution < -0.4 is 5.56 Å². The number of Topliss-reactive ketones (excluding diaryl/α,β-unsaturated/α-hetero) is 1. The highest BCUT2D eigenvalue weighted by molar-refractivity contribution is 7.99. The highest BCUT2D eigenvalue weighted by Crippen LogP contribution is 2.30. The van der Waals surface area contributed by atoms with Crippen molar-refractivity contribution in [3.8, 4) is 0 Å². The number of carbonyl (C=O) groups is 3. The van der Waals surface area contributed by atoms with Gasteiger partial charge in [0.1, 0.15) is 16.1 Å². The maximum atomic E-state index is 13.5. The molecule has 8 nitrogen and oxygen atoms in total. The van der Waals surface area contributed by atoms with Crippen LogP contribution in [0.2, 0.25) is 5.02 Å². The standard InChI is InChI=1S/C23H23ClN2O6S2/c1-4-31-17(28)10-16(27)12-33-23-25-20-18(13(3)19(34-20)22(30)32-5-2)21(29)26(23)11-14-7-6-8-15(24)9-14/h6-9H,4-5,10-12H2,1-3H3. The molecule has 3 aromatic rings. The molecule has 2 aromatic heterocycles. The number of thiophene rings is 1. The van der Waals surface area contributed by atoms with Gasteiger partial charge in [-0.15, -0.1) is 11.3 Å². The first-order chi connectivity index (χ1) is 16.2. The summed E-state index contributed by atoms with van der Waals surface area (Å²) in [5, 5.41) is 1.15. The molecule has 0 saturated heterocycles. The van der Waals surface area contributed by atoms with E-state index >= 15 is 0 Å². The molecule has 0 unspecified atom stereocenters. The van der Waals surface area contributed by atoms with E-state index < -0.39 is 11.9 Å². The van der Waals surface area contributed by atoms with Crippen molar-refractivity contribution in [1.82, 2.24) is 9.55 Å². The number of nitrogens with zero attached hydrogens (tertiary/aromatic N) is 2. The molecule has 0 fully saturated rings. The number of esters is 2. The van der Waals surface area contributed by atoms with Gasteiger partial charge in [-0.05, 0) is 44.0 Å². The number of aromatic nitrogens is 2. The van der Waals surface area contributed by atoms with Gasteiger partial charge >= 0.3 is 11.9 Å². The normalized spacial score (nSPS) is 10.9. The SMILES string of the molecule is CCOC(=O)CC(=O)CSc1nc2sc(C(=O)OCC)c(C)c2c(=O)n1Cc1cccc(Cl)c1. The van der Waals surface area contributed by atoms with Crippen LogP contribution in [0.25, 0.3) is 10.2 Å². The van der Waals surface area contributed by atoms with Crippen molar-refractivity contribution in [2.75, 3.05) is 19.0 Å². The van der Waals surface area contributed by atoms with Crippen LogP contribution in [0.1, 0.15) is 41.1 Å². The van der Waals surface area contributed by atoms with Crippen molar-refractivity contribution in [2.24, 2.45) is 0 Å². The molecule has 0 bridgehead atoms. The van der Waals surface area contributed by atoms with Gasteiger partial charge in [-0.1, -0.05) is 35.5 Å². The molecular formula is C23H23ClN2O6S2. The van der Waals surface area contributed by atoms with Crippen LogP contribution in [0.4, 0.5) is 0 Å². The average molecular weight is 523 g/mol. The molecule has 0 atom stereocenters. The van der Waals surface area contributed by atoms with Crippen molar-refractivity contribution >= 4 is 62.6 Å². The molecule has 2 heterocycles. The van der Waals surface area contributed by atoms with Crippen LogP contribution in [0, 0.1) is 6.92 Å². The zero-order valence-corrected chi connectivity index (χ0v) is 21.3. The second-order valence-electron chi connectivity index (χ2n) is 7.18. The van der Waals surface area contributed by atoms with Crippen LogP contribution in [0.3, 0.4) is 0 Å². The van der Waals surface area contributed by atoms with Crippen molar-refractivity contribution in [3.05, 3.63) is 55.6 Å². The van der Waals surface area contributed by atoms with Crippen LogP contribution in [-0.4, -0.2) is 46.2 Å². The number of ketones is 1. The second kappa shape index (κ2) is 11.6. The molecule has 0 aliphatic heterocycles. The largest absolute Gasteiger partial charge is 0.466 e. The fraction of sp³-hybridized carbons (Fsp3) is 0.348. The van der Waals surface area contributed by atoms with Crippen molar-refractivity contribution in [3.63, 3.8) is 0 Å². The number of carbonyl (C=O) groups excluding carboxylic acids is 3. The smallest absolute Gasteiger partial charge is 0.348 e. The Bertz CT molecular complexity index is 1300. The summed E-state index contributed by atoms with van der Waals surface area (Å²) in [6, 6.07) is 7.07. The van der Waals surface area contributed by atoms with Gasteiger partial charge in [0, 0.05) is 5.02 Å². The first-order valence-electron chi connectivity index (χ1n) is 10.5. The van der Waals surface area contributed by atoms with Gasteiger partial charge in [-0.2, -0.15) is 0 Å². The summed E-state index contributed by atoms with van der Waals surface area (Å²) in [5.41, 5.74) is 0.939. The number of benzene rings is 1. The second-order valence-corrected chi connectivity index (χ2v) is 9.56. The summed E-state index contributed by atoms with van der Waals surface area (Å²) >= 11 is 8.24. The molecule has 3 rings (SSSR count). The van der Waals surface area contributed by atoms with Gasteiger partial charge in [0.05, 0.1) is 30.9 Å². The zero-order chi connectivity index (χ0) is 24.8. The molecule has 0 aliphatic carbocycles. The minimum absolute atomic E-state index is 0.0681. The van der Waals surface area contributed by atoms with E-state index in [4.69, 9.17) is 21.1 Å². The lowest BCUT2D eigenvalue weighted by Crippen LogP contribution is -2.24. The summed E-state index contributed by atoms with van der Waals surface area (Å²) in [6.07, 6.45) is -0.354. The first kappa shape index (κ1) is 25.9. The quantitative estimate of drug-likeness (QED) is 0.168. The summed E-state index contributed by atoms with van der Waals surface area (Å²) in [5.74, 6) is -1.52. The Morgan fingerprint density at radius 3 is 2.59 bits per heavy atom. The lowest BCUT2D eigenvalue weighted by atomic mass is 10.2. The van der Waals surface area contributed by atoms with E-state index in [2.05, 4.69) is 4.98 Å². The van der Waals surface area contributed by atoms with E-state index in [-0.39, 0.29) is 43.3 Å². The molecular weight excluding hydrogens is 500 g/mol. The fourth-order valence-corrected chi connectivity index (χ4v) is 5.41. The summed E-state index contributed by atoms with van der Waals surface area (Å²) < 4.78 is 11.4. The van der Waals surface area contributed by atoms with E-state index in [9.17, 15) is 19.2 Å². The number of fused-ring (bicyclic) bond motifs is 1. The topological polar surface area (TPSA) is 105 Å². The molecule has 0 amide bonds. The van der Waals surface area contributed by atoms with Crippen LogP contribution >= 0.6 is 34.7 Å². The van der Waals surface area contributed by atoms with E-state index in [0.717, 1.165) is 28.7 Å². The van der Waals surface area contributed by atoms with Gasteiger partial charge in [0.2, 0.25) is 0 Å². The number of thioether (sulfide) groups is 1. The average Bonchev–Trinajstić information content (AvgIpc) is 3.11. The number of halogens is 1. The molecule has 0 saturated carbocycles. The van der Waals surface area contributed by atoms with Crippen molar-refractivity contribution < 1.29 is 23.9 Å². The molecule has 0 N–H and O–H groups in total. The van der Waals surface area contributed by atoms with E-state index in [1.807, 2.05) is 6.07 Å². The minimum Gasteiger partial charge on any atom is -0.466 e. The molecule has 34 heavy (non-hydrogen) atoms. The highest BCUT2D eigenvalue weighted by atomic mass is 35.5. The van der Waals surface area contributed by atoms with Gasteiger partial charge < -0.3 is 9.47 Å². The van der Waals surface area contributed by atoms with Crippen LogP contribution in [0.15, 0.2) is 34.2 Å². The maximum absolute atomic E-state index is 13.5. The number of aryl methyl sites for hydroxylation is 1. The van der Waals surface area contributed by atoms with E-state index in [0.29, 0.717) is 30.8 Å². The molecule has 180 valence electrons. The molecule has 0 radical (unpaired) electrons. The third-order valence-electron chi connectivity index (χ3n) is 4.71. The van der Waals surface area contributed by atoms with Gasteiger partial charge in [0.25, 0.3) is 5.56 Å². The number of hydrogen-bond acceptors (Lipinski definition) is 9. The van der Waals surface area contributed by atoms with Crippen LogP contribution in [0.5, 0.6) is 0 Å². The summed E-state index contributed by atoms with van der Waals surface area (Å²) in [4.78, 5) is 55.1. The Hall–Kier alpha value is -2.69. The van der Waals surface area contributed by atoms with Crippen molar-refractivity contribution in [1.29, 1.82) is 0 Å². The third-order valence-corrected chi connectivity index (χ3v) is 7.15. The van der Waals surface area contributed by atoms with E-state index in [1.165, 1.54) is 4.57 Å². The Morgan fingerprint density at radius 1 is 1.18 bits per heavy atom. The lowest BCUT2D eigenvalue weighted by molar-refractivity contribution is -0.145. The number of ether oxygens (including phenoxy) is 2. The Morgan fingerprint density at radius 2 is 1.91 bits per heavy atom. The van der Waals surface area contributed by atoms with Crippen molar-refractivity contribution in [2.45, 2.75) is 38.9 Å². The molecule has 11 heteroatoms.